The number of nitrogens with two attached hydrogens (primary N) is 1. The zero-order valence-electron chi connectivity index (χ0n) is 9.51. The Balaban J connectivity index is 3.42. The maximum absolute atomic E-state index is 12.6. The predicted octanol–water partition coefficient (Wildman–Crippen LogP) is 2.89. The van der Waals surface area contributed by atoms with Crippen molar-refractivity contribution in [3.05, 3.63) is 34.9 Å². The van der Waals surface area contributed by atoms with Crippen molar-refractivity contribution in [3.63, 3.8) is 0 Å². The van der Waals surface area contributed by atoms with Crippen LogP contribution in [0.15, 0.2) is 23.3 Å². The van der Waals surface area contributed by atoms with E-state index >= 15 is 0 Å². The highest BCUT2D eigenvalue weighted by atomic mass is 32.1. The minimum absolute atomic E-state index is 0.00339. The van der Waals surface area contributed by atoms with Gasteiger partial charge in [0.05, 0.1) is 16.6 Å². The molecule has 3 N–H and O–H groups in total. The number of nitrogens with one attached hydrogen (secondary N) is 1. The van der Waals surface area contributed by atoms with Gasteiger partial charge in [0.2, 0.25) is 0 Å². The lowest BCUT2D eigenvalue weighted by atomic mass is 10.0. The predicted molar refractivity (Wildman–Crippen MR) is 64.0 cm³/mol. The monoisotopic (exact) mass is 315 g/mol. The highest BCUT2D eigenvalue weighted by Crippen LogP contribution is 2.36. The first kappa shape index (κ1) is 16.2. The Hall–Kier alpha value is -1.84. The van der Waals surface area contributed by atoms with Crippen LogP contribution in [0, 0.1) is 0 Å². The zero-order chi connectivity index (χ0) is 15.6. The second-order valence-corrected chi connectivity index (χ2v) is 3.77. The molecule has 0 aliphatic carbocycles. The van der Waals surface area contributed by atoms with Gasteiger partial charge in [-0.2, -0.15) is 31.4 Å². The number of alkyl halides is 6. The van der Waals surface area contributed by atoms with Gasteiger partial charge in [-0.1, -0.05) is 12.2 Å². The van der Waals surface area contributed by atoms with Gasteiger partial charge in [-0.3, -0.25) is 5.43 Å². The van der Waals surface area contributed by atoms with Crippen molar-refractivity contribution >= 4 is 23.5 Å². The van der Waals surface area contributed by atoms with E-state index in [9.17, 15) is 26.3 Å². The van der Waals surface area contributed by atoms with Crippen LogP contribution >= 0.6 is 12.2 Å². The van der Waals surface area contributed by atoms with Gasteiger partial charge in [-0.05, 0) is 18.2 Å². The molecule has 1 aromatic rings. The summed E-state index contributed by atoms with van der Waals surface area (Å²) in [6.45, 7) is 0. The molecular weight excluding hydrogens is 308 g/mol. The van der Waals surface area contributed by atoms with Crippen LogP contribution in [0.1, 0.15) is 16.7 Å². The first-order valence-electron chi connectivity index (χ1n) is 4.88. The van der Waals surface area contributed by atoms with Crippen LogP contribution in [-0.4, -0.2) is 11.3 Å². The number of halogens is 6. The molecule has 0 fully saturated rings. The fraction of sp³-hybridized carbons (Fsp3) is 0.200. The van der Waals surface area contributed by atoms with E-state index in [1.807, 2.05) is 0 Å². The Kier molecular flexibility index (Phi) is 4.58. The maximum Gasteiger partial charge on any atom is 0.416 e. The summed E-state index contributed by atoms with van der Waals surface area (Å²) in [6, 6.07) is 0.946. The SMILES string of the molecule is N/C(=N\NC=S)c1cc(C(F)(F)F)cc(C(F)(F)F)c1. The molecule has 0 bridgehead atoms. The van der Waals surface area contributed by atoms with Crippen molar-refractivity contribution in [1.82, 2.24) is 5.43 Å². The van der Waals surface area contributed by atoms with Crippen molar-refractivity contribution in [2.45, 2.75) is 12.4 Å². The highest BCUT2D eigenvalue weighted by Gasteiger charge is 2.37. The van der Waals surface area contributed by atoms with Gasteiger partial charge < -0.3 is 5.73 Å². The first-order valence-corrected chi connectivity index (χ1v) is 5.35. The van der Waals surface area contributed by atoms with Crippen LogP contribution in [0.4, 0.5) is 26.3 Å². The van der Waals surface area contributed by atoms with Crippen LogP contribution < -0.4 is 11.2 Å². The molecule has 3 nitrogen and oxygen atoms in total. The summed E-state index contributed by atoms with van der Waals surface area (Å²) in [7, 11) is 0. The van der Waals surface area contributed by atoms with Gasteiger partial charge in [0.25, 0.3) is 0 Å². The molecule has 1 aromatic carbocycles. The molecular formula is C10H7F6N3S. The number of amidine groups is 1. The number of thiocarbonyl (C=S) groups is 1. The molecule has 0 heterocycles. The largest absolute Gasteiger partial charge is 0.416 e. The van der Waals surface area contributed by atoms with Gasteiger partial charge >= 0.3 is 12.4 Å². The van der Waals surface area contributed by atoms with Crippen molar-refractivity contribution in [3.8, 4) is 0 Å². The van der Waals surface area contributed by atoms with Crippen molar-refractivity contribution in [2.24, 2.45) is 10.8 Å². The lowest BCUT2D eigenvalue weighted by Gasteiger charge is -2.13. The Morgan fingerprint density at radius 1 is 1.05 bits per heavy atom. The van der Waals surface area contributed by atoms with Gasteiger partial charge in [-0.15, -0.1) is 0 Å². The van der Waals surface area contributed by atoms with Crippen LogP contribution in [0.5, 0.6) is 0 Å². The first-order chi connectivity index (χ1) is 9.05. The van der Waals surface area contributed by atoms with Crippen molar-refractivity contribution in [1.29, 1.82) is 0 Å². The number of hydrogen-bond acceptors (Lipinski definition) is 2. The second kappa shape index (κ2) is 5.65. The normalized spacial score (nSPS) is 13.2. The Morgan fingerprint density at radius 3 is 1.85 bits per heavy atom. The summed E-state index contributed by atoms with van der Waals surface area (Å²) in [6.07, 6.45) is -9.87. The number of hydrogen-bond donors (Lipinski definition) is 2. The topological polar surface area (TPSA) is 50.4 Å². The summed E-state index contributed by atoms with van der Waals surface area (Å²) < 4.78 is 75.4. The molecule has 10 heteroatoms. The van der Waals surface area contributed by atoms with Crippen molar-refractivity contribution < 1.29 is 26.3 Å². The number of hydrazone groups is 1. The van der Waals surface area contributed by atoms with E-state index in [0.717, 1.165) is 5.49 Å². The molecule has 0 saturated carbocycles. The van der Waals surface area contributed by atoms with E-state index in [2.05, 4.69) is 22.7 Å². The summed E-state index contributed by atoms with van der Waals surface area (Å²) in [5.41, 5.74) is 4.78. The molecule has 0 aromatic heterocycles. The molecule has 20 heavy (non-hydrogen) atoms. The molecule has 0 aliphatic heterocycles. The van der Waals surface area contributed by atoms with E-state index < -0.39 is 34.9 Å². The molecule has 0 atom stereocenters. The van der Waals surface area contributed by atoms with Crippen LogP contribution in [0.25, 0.3) is 0 Å². The fourth-order valence-corrected chi connectivity index (χ4v) is 1.32. The maximum atomic E-state index is 12.6. The Morgan fingerprint density at radius 2 is 1.50 bits per heavy atom. The Labute approximate surface area is 114 Å². The number of nitrogens with zero attached hydrogens (tertiary/aromatic N) is 1. The van der Waals surface area contributed by atoms with E-state index in [0.29, 0.717) is 12.1 Å². The molecule has 0 aliphatic rings. The minimum atomic E-state index is -4.94. The quantitative estimate of drug-likeness (QED) is 0.296. The summed E-state index contributed by atoms with van der Waals surface area (Å²) in [5, 5.41) is 3.31. The van der Waals surface area contributed by atoms with Crippen LogP contribution in [0.2, 0.25) is 0 Å². The summed E-state index contributed by atoms with van der Waals surface area (Å²) in [4.78, 5) is 0. The molecule has 0 radical (unpaired) electrons. The number of rotatable bonds is 3. The molecule has 0 unspecified atom stereocenters. The van der Waals surface area contributed by atoms with Gasteiger partial charge in [0.15, 0.2) is 5.84 Å². The molecule has 0 amide bonds. The fourth-order valence-electron chi connectivity index (χ4n) is 1.26. The smallest absolute Gasteiger partial charge is 0.382 e. The highest BCUT2D eigenvalue weighted by molar-refractivity contribution is 7.78. The zero-order valence-corrected chi connectivity index (χ0v) is 10.3. The number of benzene rings is 1. The van der Waals surface area contributed by atoms with E-state index in [1.165, 1.54) is 0 Å². The molecule has 1 rings (SSSR count). The van der Waals surface area contributed by atoms with Gasteiger partial charge in [-0.25, -0.2) is 0 Å². The summed E-state index contributed by atoms with van der Waals surface area (Å²) >= 11 is 4.33. The minimum Gasteiger partial charge on any atom is -0.382 e. The van der Waals surface area contributed by atoms with Crippen molar-refractivity contribution in [2.75, 3.05) is 0 Å². The third-order valence-corrected chi connectivity index (χ3v) is 2.23. The second-order valence-electron chi connectivity index (χ2n) is 3.54. The summed E-state index contributed by atoms with van der Waals surface area (Å²) in [5.74, 6) is -0.553. The average Bonchev–Trinajstić information content (AvgIpc) is 2.33. The third-order valence-electron chi connectivity index (χ3n) is 2.12. The van der Waals surface area contributed by atoms with E-state index in [-0.39, 0.29) is 6.07 Å². The lowest BCUT2D eigenvalue weighted by Crippen LogP contribution is -2.20. The average molecular weight is 315 g/mol. The van der Waals surface area contributed by atoms with Crippen LogP contribution in [0.3, 0.4) is 0 Å². The van der Waals surface area contributed by atoms with Crippen LogP contribution in [-0.2, 0) is 12.4 Å². The third kappa shape index (κ3) is 4.08. The lowest BCUT2D eigenvalue weighted by molar-refractivity contribution is -0.143. The van der Waals surface area contributed by atoms with E-state index in [4.69, 9.17) is 5.73 Å². The van der Waals surface area contributed by atoms with Gasteiger partial charge in [0, 0.05) is 5.56 Å². The molecule has 0 spiro atoms. The van der Waals surface area contributed by atoms with Gasteiger partial charge in [0.1, 0.15) is 0 Å². The standard InChI is InChI=1S/C10H7F6N3S/c11-9(12,13)6-1-5(8(17)19-18-4-20)2-7(3-6)10(14,15)16/h1-4H,(H2,17,19)(H,18,20). The molecule has 0 saturated heterocycles. The Bertz CT molecular complexity index is 503. The van der Waals surface area contributed by atoms with E-state index in [1.54, 1.807) is 0 Å². The molecule has 110 valence electrons.